The highest BCUT2D eigenvalue weighted by Crippen LogP contribution is 2.52. The number of ether oxygens (including phenoxy) is 5. The molecule has 4 rings (SSSR count). The zero-order chi connectivity index (χ0) is 36.2. The van der Waals surface area contributed by atoms with Crippen molar-refractivity contribution in [2.24, 2.45) is 5.41 Å². The molecule has 0 bridgehead atoms. The van der Waals surface area contributed by atoms with Gasteiger partial charge in [0.25, 0.3) is 5.70 Å². The third-order valence-electron chi connectivity index (χ3n) is 8.72. The van der Waals surface area contributed by atoms with Crippen LogP contribution < -0.4 is 18.9 Å². The van der Waals surface area contributed by atoms with Gasteiger partial charge in [-0.05, 0) is 87.8 Å². The van der Waals surface area contributed by atoms with Crippen molar-refractivity contribution in [2.45, 2.75) is 85.5 Å². The summed E-state index contributed by atoms with van der Waals surface area (Å²) >= 11 is 0. The van der Waals surface area contributed by atoms with Crippen LogP contribution in [0.15, 0.2) is 35.7 Å². The van der Waals surface area contributed by atoms with E-state index in [1.807, 2.05) is 52.0 Å². The van der Waals surface area contributed by atoms with Crippen molar-refractivity contribution in [3.63, 3.8) is 0 Å². The Kier molecular flexibility index (Phi) is 11.4. The van der Waals surface area contributed by atoms with E-state index in [0.29, 0.717) is 48.0 Å². The molecule has 0 aliphatic heterocycles. The Morgan fingerprint density at radius 3 is 1.42 bits per heavy atom. The number of hydrogen-bond donors (Lipinski definition) is 0. The summed E-state index contributed by atoms with van der Waals surface area (Å²) < 4.78 is 26.8. The zero-order valence-electron chi connectivity index (χ0n) is 30.4. The lowest BCUT2D eigenvalue weighted by molar-refractivity contribution is -0.138. The van der Waals surface area contributed by atoms with Crippen LogP contribution >= 0.6 is 0 Å². The van der Waals surface area contributed by atoms with Crippen molar-refractivity contribution in [3.8, 4) is 23.0 Å². The van der Waals surface area contributed by atoms with Crippen LogP contribution in [0, 0.1) is 18.6 Å². The molecule has 0 radical (unpaired) electrons. The van der Waals surface area contributed by atoms with Crippen LogP contribution in [0.1, 0.15) is 96.9 Å². The van der Waals surface area contributed by atoms with Gasteiger partial charge in [-0.1, -0.05) is 55.4 Å². The van der Waals surface area contributed by atoms with Gasteiger partial charge < -0.3 is 28.5 Å². The minimum absolute atomic E-state index is 0.0579. The number of hydrogen-bond acceptors (Lipinski definition) is 7. The molecular formula is C39H48N2O7. The molecule has 0 fully saturated rings. The fourth-order valence-corrected chi connectivity index (χ4v) is 6.17. The quantitative estimate of drug-likeness (QED) is 0.160. The van der Waals surface area contributed by atoms with Gasteiger partial charge in [-0.3, -0.25) is 4.79 Å². The first-order valence-corrected chi connectivity index (χ1v) is 15.9. The minimum Gasteiger partial charge on any atom is -0.493 e. The topological polar surface area (TPSA) is 89.0 Å². The van der Waals surface area contributed by atoms with Gasteiger partial charge in [-0.15, -0.1) is 0 Å². The molecule has 48 heavy (non-hydrogen) atoms. The van der Waals surface area contributed by atoms with Crippen molar-refractivity contribution >= 4 is 22.9 Å². The summed E-state index contributed by atoms with van der Waals surface area (Å²) in [5.41, 5.74) is 4.76. The second kappa shape index (κ2) is 14.6. The average Bonchev–Trinajstić information content (AvgIpc) is 3.46. The Morgan fingerprint density at radius 2 is 1.08 bits per heavy atom. The first-order chi connectivity index (χ1) is 22.5. The van der Waals surface area contributed by atoms with Gasteiger partial charge in [-0.2, -0.15) is 0 Å². The summed E-state index contributed by atoms with van der Waals surface area (Å²) in [5.74, 6) is 1.82. The molecule has 0 atom stereocenters. The van der Waals surface area contributed by atoms with Crippen LogP contribution in [0.5, 0.6) is 23.0 Å². The van der Waals surface area contributed by atoms with E-state index in [9.17, 15) is 9.59 Å². The first kappa shape index (κ1) is 37.7. The predicted molar refractivity (Wildman–Crippen MR) is 187 cm³/mol. The van der Waals surface area contributed by atoms with Crippen LogP contribution in [0.25, 0.3) is 20.8 Å². The molecule has 0 saturated carbocycles. The number of fused-ring (bicyclic) bond motifs is 2. The maximum Gasteiger partial charge on any atom is 0.336 e. The van der Waals surface area contributed by atoms with Crippen molar-refractivity contribution < 1.29 is 33.3 Å². The van der Waals surface area contributed by atoms with Crippen LogP contribution in [0.3, 0.4) is 0 Å². The van der Waals surface area contributed by atoms with E-state index in [4.69, 9.17) is 36.8 Å². The zero-order valence-corrected chi connectivity index (χ0v) is 30.4. The van der Waals surface area contributed by atoms with Crippen LogP contribution in [0.4, 0.5) is 0 Å². The standard InChI is InChI=1S/C20H25NO3.C19H23NO4/c1-19(2,3)18(22)17(21-6)13-11-20(4,5)14-10-16(24-8)15(23-7)9-12(13)14;1-7-8-24-18(21)17(20-4)13-11-19(2,3)14-10-16(23-6)15(22-5)9-12(13)14/h9-10H,11H2,1-5,7-8H3;9-10H,7-8,11H2,1-3,5-6H3/b2*17-13-. The number of nitrogens with zero attached hydrogens (tertiary/aromatic N) is 2. The number of benzene rings is 2. The van der Waals surface area contributed by atoms with Gasteiger partial charge in [0.15, 0.2) is 28.8 Å². The maximum absolute atomic E-state index is 12.8. The van der Waals surface area contributed by atoms with Gasteiger partial charge >= 0.3 is 5.97 Å². The number of methoxy groups -OCH3 is 4. The van der Waals surface area contributed by atoms with Gasteiger partial charge in [0.05, 0.1) is 48.2 Å². The number of allylic oxidation sites excluding steroid dienone is 3. The van der Waals surface area contributed by atoms with E-state index in [1.54, 1.807) is 28.4 Å². The minimum atomic E-state index is -0.587. The number of Topliss-reactive ketones (excluding diaryl/α,β-unsaturated/α-hetero) is 1. The van der Waals surface area contributed by atoms with Crippen molar-refractivity contribution in [3.05, 3.63) is 80.7 Å². The van der Waals surface area contributed by atoms with Gasteiger partial charge in [0.2, 0.25) is 5.70 Å². The second-order valence-electron chi connectivity index (χ2n) is 14.2. The summed E-state index contributed by atoms with van der Waals surface area (Å²) in [6, 6.07) is 7.63. The molecule has 0 amide bonds. The first-order valence-electron chi connectivity index (χ1n) is 15.9. The van der Waals surface area contributed by atoms with Gasteiger partial charge in [0.1, 0.15) is 0 Å². The lowest BCUT2D eigenvalue weighted by Crippen LogP contribution is -2.21. The number of carbonyl (C=O) groups is 2. The molecule has 0 N–H and O–H groups in total. The summed E-state index contributed by atoms with van der Waals surface area (Å²) in [6.07, 6.45) is 1.97. The largest absolute Gasteiger partial charge is 0.493 e. The summed E-state index contributed by atoms with van der Waals surface area (Å²) in [7, 11) is 6.36. The molecule has 0 unspecified atom stereocenters. The summed E-state index contributed by atoms with van der Waals surface area (Å²) in [4.78, 5) is 32.1. The van der Waals surface area contributed by atoms with E-state index >= 15 is 0 Å². The lowest BCUT2D eigenvalue weighted by Gasteiger charge is -2.20. The molecule has 2 aliphatic rings. The molecule has 256 valence electrons. The molecule has 2 aromatic carbocycles. The van der Waals surface area contributed by atoms with Crippen molar-refractivity contribution in [1.82, 2.24) is 0 Å². The van der Waals surface area contributed by atoms with Gasteiger partial charge in [-0.25, -0.2) is 9.69 Å². The molecule has 2 aromatic rings. The SMILES string of the molecule is [C-]#[N+]/C(C(=O)C(C)(C)C)=C1/CC(C)(C)c2cc(OC)c(OC)cc21.[C-]#[N+]/C(C(=O)OCCC)=C1/CC(C)(C)c2cc(OC)c(OC)cc21. The Bertz CT molecular complexity index is 1740. The molecule has 9 heteroatoms. The second-order valence-corrected chi connectivity index (χ2v) is 14.2. The highest BCUT2D eigenvalue weighted by atomic mass is 16.5. The fourth-order valence-electron chi connectivity index (χ4n) is 6.17. The molecule has 0 heterocycles. The highest BCUT2D eigenvalue weighted by Gasteiger charge is 2.40. The number of rotatable bonds is 8. The number of ketones is 1. The van der Waals surface area contributed by atoms with Gasteiger partial charge in [0, 0.05) is 5.41 Å². The molecule has 0 spiro atoms. The average molecular weight is 657 g/mol. The van der Waals surface area contributed by atoms with Crippen molar-refractivity contribution in [2.75, 3.05) is 35.0 Å². The third-order valence-corrected chi connectivity index (χ3v) is 8.72. The normalized spacial score (nSPS) is 17.3. The molecule has 2 aliphatic carbocycles. The Hall–Kier alpha value is -4.76. The highest BCUT2D eigenvalue weighted by molar-refractivity contribution is 6.08. The van der Waals surface area contributed by atoms with Crippen molar-refractivity contribution in [1.29, 1.82) is 0 Å². The molecule has 0 saturated heterocycles. The number of carbonyl (C=O) groups excluding carboxylic acids is 2. The Labute approximate surface area is 285 Å². The smallest absolute Gasteiger partial charge is 0.336 e. The fraction of sp³-hybridized carbons (Fsp3) is 0.487. The maximum atomic E-state index is 12.8. The Balaban J connectivity index is 0.000000260. The summed E-state index contributed by atoms with van der Waals surface area (Å²) in [6.45, 7) is 31.2. The van der Waals surface area contributed by atoms with Crippen LogP contribution in [-0.2, 0) is 25.2 Å². The number of esters is 1. The summed E-state index contributed by atoms with van der Waals surface area (Å²) in [5, 5.41) is 0. The van der Waals surface area contributed by atoms with Crippen LogP contribution in [0.2, 0.25) is 0 Å². The molecule has 0 aromatic heterocycles. The van der Waals surface area contributed by atoms with E-state index in [0.717, 1.165) is 34.2 Å². The van der Waals surface area contributed by atoms with Crippen LogP contribution in [-0.4, -0.2) is 46.8 Å². The van der Waals surface area contributed by atoms with E-state index in [-0.39, 0.29) is 28.0 Å². The monoisotopic (exact) mass is 656 g/mol. The third kappa shape index (κ3) is 7.36. The molecular weight excluding hydrogens is 608 g/mol. The predicted octanol–water partition coefficient (Wildman–Crippen LogP) is 8.60. The lowest BCUT2D eigenvalue weighted by atomic mass is 9.85. The Morgan fingerprint density at radius 1 is 0.708 bits per heavy atom. The van der Waals surface area contributed by atoms with E-state index in [1.165, 1.54) is 0 Å². The molecule has 9 nitrogen and oxygen atoms in total. The van der Waals surface area contributed by atoms with E-state index in [2.05, 4.69) is 37.4 Å². The van der Waals surface area contributed by atoms with E-state index < -0.39 is 11.4 Å².